The van der Waals surface area contributed by atoms with E-state index in [9.17, 15) is 4.79 Å². The lowest BCUT2D eigenvalue weighted by Crippen LogP contribution is -2.34. The van der Waals surface area contributed by atoms with Crippen LogP contribution in [0.2, 0.25) is 0 Å². The Balaban J connectivity index is 1.20. The van der Waals surface area contributed by atoms with Gasteiger partial charge in [0.2, 0.25) is 12.7 Å². The average Bonchev–Trinajstić information content (AvgIpc) is 3.14. The van der Waals surface area contributed by atoms with E-state index in [1.165, 1.54) is 16.7 Å². The van der Waals surface area contributed by atoms with E-state index in [-0.39, 0.29) is 5.91 Å². The summed E-state index contributed by atoms with van der Waals surface area (Å²) in [7, 11) is 0. The predicted octanol–water partition coefficient (Wildman–Crippen LogP) is 5.33. The Kier molecular flexibility index (Phi) is 5.85. The number of carbonyl (C=O) groups excluding carboxylic acids is 1. The van der Waals surface area contributed by atoms with Crippen LogP contribution in [0, 0.1) is 0 Å². The van der Waals surface area contributed by atoms with Crippen LogP contribution in [0.5, 0.6) is 11.5 Å². The van der Waals surface area contributed by atoms with Gasteiger partial charge in [-0.25, -0.2) is 0 Å². The summed E-state index contributed by atoms with van der Waals surface area (Å²) in [4.78, 5) is 15.0. The SMILES string of the molecule is O=C(Cc1ccc(-c2ccccc2)cc1)N1CCSC(c2ccc3c(c2)OCO3)CC1. The molecule has 1 saturated heterocycles. The van der Waals surface area contributed by atoms with Crippen molar-refractivity contribution < 1.29 is 14.3 Å². The fraction of sp³-hybridized carbons (Fsp3) is 0.269. The summed E-state index contributed by atoms with van der Waals surface area (Å²) in [5.41, 5.74) is 4.68. The molecule has 3 aromatic rings. The Labute approximate surface area is 187 Å². The zero-order valence-electron chi connectivity index (χ0n) is 17.3. The molecule has 158 valence electrons. The minimum Gasteiger partial charge on any atom is -0.454 e. The van der Waals surface area contributed by atoms with Gasteiger partial charge in [-0.1, -0.05) is 60.7 Å². The van der Waals surface area contributed by atoms with Crippen molar-refractivity contribution in [3.8, 4) is 22.6 Å². The lowest BCUT2D eigenvalue weighted by Gasteiger charge is -2.20. The van der Waals surface area contributed by atoms with Crippen LogP contribution in [0.1, 0.15) is 22.8 Å². The van der Waals surface area contributed by atoms with Gasteiger partial charge in [-0.3, -0.25) is 4.79 Å². The molecular weight excluding hydrogens is 406 g/mol. The molecule has 0 aliphatic carbocycles. The van der Waals surface area contributed by atoms with Crippen molar-refractivity contribution >= 4 is 17.7 Å². The summed E-state index contributed by atoms with van der Waals surface area (Å²) >= 11 is 1.92. The summed E-state index contributed by atoms with van der Waals surface area (Å²) < 4.78 is 10.9. The molecule has 31 heavy (non-hydrogen) atoms. The number of amides is 1. The highest BCUT2D eigenvalue weighted by Crippen LogP contribution is 2.40. The molecule has 3 aromatic carbocycles. The average molecular weight is 432 g/mol. The maximum absolute atomic E-state index is 13.0. The molecular formula is C26H25NO3S. The van der Waals surface area contributed by atoms with Crippen LogP contribution < -0.4 is 9.47 Å². The number of ether oxygens (including phenoxy) is 2. The van der Waals surface area contributed by atoms with Crippen LogP contribution >= 0.6 is 11.8 Å². The van der Waals surface area contributed by atoms with Crippen LogP contribution in [0.25, 0.3) is 11.1 Å². The van der Waals surface area contributed by atoms with Crippen molar-refractivity contribution in [2.24, 2.45) is 0 Å². The second-order valence-electron chi connectivity index (χ2n) is 7.88. The first-order chi connectivity index (χ1) is 15.3. The minimum atomic E-state index is 0.208. The topological polar surface area (TPSA) is 38.8 Å². The zero-order chi connectivity index (χ0) is 21.0. The largest absolute Gasteiger partial charge is 0.454 e. The van der Waals surface area contributed by atoms with Crippen LogP contribution in [-0.2, 0) is 11.2 Å². The molecule has 1 amide bonds. The van der Waals surface area contributed by atoms with Crippen LogP contribution in [0.3, 0.4) is 0 Å². The van der Waals surface area contributed by atoms with Gasteiger partial charge >= 0.3 is 0 Å². The molecule has 1 unspecified atom stereocenters. The van der Waals surface area contributed by atoms with Gasteiger partial charge in [0.05, 0.1) is 6.42 Å². The number of thioether (sulfide) groups is 1. The first-order valence-corrected chi connectivity index (χ1v) is 11.7. The van der Waals surface area contributed by atoms with Crippen molar-refractivity contribution in [3.63, 3.8) is 0 Å². The number of fused-ring (bicyclic) bond motifs is 1. The molecule has 0 aromatic heterocycles. The van der Waals surface area contributed by atoms with Crippen LogP contribution in [-0.4, -0.2) is 36.4 Å². The number of hydrogen-bond donors (Lipinski definition) is 0. The van der Waals surface area contributed by atoms with E-state index < -0.39 is 0 Å². The molecule has 5 heteroatoms. The van der Waals surface area contributed by atoms with E-state index in [0.717, 1.165) is 42.3 Å². The van der Waals surface area contributed by atoms with Crippen LogP contribution in [0.15, 0.2) is 72.8 Å². The molecule has 0 N–H and O–H groups in total. The van der Waals surface area contributed by atoms with Crippen LogP contribution in [0.4, 0.5) is 0 Å². The minimum absolute atomic E-state index is 0.208. The Morgan fingerprint density at radius 3 is 2.52 bits per heavy atom. The third-order valence-electron chi connectivity index (χ3n) is 5.88. The van der Waals surface area contributed by atoms with Gasteiger partial charge in [0.25, 0.3) is 0 Å². The Bertz CT molecular complexity index is 1050. The van der Waals surface area contributed by atoms with E-state index in [1.807, 2.05) is 40.9 Å². The molecule has 2 aliphatic heterocycles. The van der Waals surface area contributed by atoms with E-state index in [1.54, 1.807) is 0 Å². The smallest absolute Gasteiger partial charge is 0.231 e. The molecule has 1 atom stereocenters. The van der Waals surface area contributed by atoms with Gasteiger partial charge in [-0.15, -0.1) is 0 Å². The number of rotatable bonds is 4. The van der Waals surface area contributed by atoms with Gasteiger partial charge in [-0.2, -0.15) is 11.8 Å². The third kappa shape index (κ3) is 4.57. The quantitative estimate of drug-likeness (QED) is 0.560. The highest BCUT2D eigenvalue weighted by molar-refractivity contribution is 7.99. The molecule has 4 nitrogen and oxygen atoms in total. The van der Waals surface area contributed by atoms with Gasteiger partial charge in [0.1, 0.15) is 0 Å². The lowest BCUT2D eigenvalue weighted by atomic mass is 10.0. The number of carbonyl (C=O) groups is 1. The zero-order valence-corrected chi connectivity index (χ0v) is 18.1. The number of nitrogens with zero attached hydrogens (tertiary/aromatic N) is 1. The van der Waals surface area contributed by atoms with E-state index in [0.29, 0.717) is 18.5 Å². The Hall–Kier alpha value is -2.92. The van der Waals surface area contributed by atoms with Gasteiger partial charge in [0, 0.05) is 24.1 Å². The summed E-state index contributed by atoms with van der Waals surface area (Å²) in [6.07, 6.45) is 1.40. The molecule has 5 rings (SSSR count). The molecule has 1 fully saturated rings. The summed E-state index contributed by atoms with van der Waals surface area (Å²) in [5, 5.41) is 0.373. The third-order valence-corrected chi connectivity index (χ3v) is 7.21. The maximum Gasteiger partial charge on any atom is 0.231 e. The fourth-order valence-electron chi connectivity index (χ4n) is 4.13. The fourth-order valence-corrected chi connectivity index (χ4v) is 5.35. The highest BCUT2D eigenvalue weighted by Gasteiger charge is 2.24. The Morgan fingerprint density at radius 2 is 1.68 bits per heavy atom. The monoisotopic (exact) mass is 431 g/mol. The highest BCUT2D eigenvalue weighted by atomic mass is 32.2. The van der Waals surface area contributed by atoms with E-state index >= 15 is 0 Å². The molecule has 0 radical (unpaired) electrons. The standard InChI is InChI=1S/C26H25NO3S/c28-26(16-19-6-8-21(9-7-19)20-4-2-1-3-5-20)27-13-12-25(31-15-14-27)22-10-11-23-24(17-22)30-18-29-23/h1-11,17,25H,12-16,18H2. The Morgan fingerprint density at radius 1 is 0.903 bits per heavy atom. The van der Waals surface area contributed by atoms with Crippen molar-refractivity contribution in [1.82, 2.24) is 4.90 Å². The van der Waals surface area contributed by atoms with Crippen molar-refractivity contribution in [2.45, 2.75) is 18.1 Å². The number of hydrogen-bond acceptors (Lipinski definition) is 4. The van der Waals surface area contributed by atoms with E-state index in [4.69, 9.17) is 9.47 Å². The molecule has 2 heterocycles. The molecule has 2 aliphatic rings. The summed E-state index contributed by atoms with van der Waals surface area (Å²) in [6, 6.07) is 24.9. The lowest BCUT2D eigenvalue weighted by molar-refractivity contribution is -0.130. The summed E-state index contributed by atoms with van der Waals surface area (Å²) in [6.45, 7) is 1.88. The first kappa shape index (κ1) is 20.0. The maximum atomic E-state index is 13.0. The molecule has 0 bridgehead atoms. The van der Waals surface area contributed by atoms with Gasteiger partial charge in [-0.05, 0) is 40.8 Å². The molecule has 0 saturated carbocycles. The predicted molar refractivity (Wildman–Crippen MR) is 125 cm³/mol. The number of benzene rings is 3. The van der Waals surface area contributed by atoms with Crippen molar-refractivity contribution in [2.75, 3.05) is 25.6 Å². The van der Waals surface area contributed by atoms with E-state index in [2.05, 4.69) is 48.5 Å². The normalized spacial score (nSPS) is 17.9. The first-order valence-electron chi connectivity index (χ1n) is 10.7. The second kappa shape index (κ2) is 9.06. The molecule has 0 spiro atoms. The van der Waals surface area contributed by atoms with Crippen molar-refractivity contribution in [3.05, 3.63) is 83.9 Å². The van der Waals surface area contributed by atoms with Gasteiger partial charge in [0.15, 0.2) is 11.5 Å². The second-order valence-corrected chi connectivity index (χ2v) is 9.19. The van der Waals surface area contributed by atoms with Crippen molar-refractivity contribution in [1.29, 1.82) is 0 Å². The summed E-state index contributed by atoms with van der Waals surface area (Å²) in [5.74, 6) is 2.80. The van der Waals surface area contributed by atoms with Gasteiger partial charge < -0.3 is 14.4 Å².